The lowest BCUT2D eigenvalue weighted by Gasteiger charge is -2.21. The average Bonchev–Trinajstić information content (AvgIpc) is 2.65. The first-order valence-electron chi connectivity index (χ1n) is 5.87. The minimum atomic E-state index is -3.22. The van der Waals surface area contributed by atoms with Gasteiger partial charge in [-0.3, -0.25) is 4.79 Å². The van der Waals surface area contributed by atoms with E-state index in [-0.39, 0.29) is 29.5 Å². The summed E-state index contributed by atoms with van der Waals surface area (Å²) in [5.41, 5.74) is -1.10. The molecule has 1 aromatic carbocycles. The zero-order valence-electron chi connectivity index (χ0n) is 10.4. The molecule has 1 aliphatic heterocycles. The van der Waals surface area contributed by atoms with Crippen LogP contribution in [-0.4, -0.2) is 43.1 Å². The molecule has 1 aromatic rings. The van der Waals surface area contributed by atoms with Gasteiger partial charge in [-0.25, -0.2) is 8.42 Å². The molecule has 1 aliphatic rings. The number of carbonyl (C=O) groups is 1. The van der Waals surface area contributed by atoms with Gasteiger partial charge in [0.1, 0.15) is 0 Å². The second-order valence-corrected chi connectivity index (χ2v) is 7.88. The van der Waals surface area contributed by atoms with Crippen molar-refractivity contribution in [3.05, 3.63) is 33.8 Å². The molecule has 0 spiro atoms. The van der Waals surface area contributed by atoms with E-state index in [1.165, 1.54) is 18.2 Å². The molecule has 1 amide bonds. The quantitative estimate of drug-likeness (QED) is 0.870. The van der Waals surface area contributed by atoms with Crippen LogP contribution < -0.4 is 5.32 Å². The second kappa shape index (κ2) is 5.52. The molecule has 1 atom stereocenters. The van der Waals surface area contributed by atoms with Crippen molar-refractivity contribution in [3.8, 4) is 0 Å². The predicted molar refractivity (Wildman–Crippen MR) is 77.0 cm³/mol. The van der Waals surface area contributed by atoms with Crippen molar-refractivity contribution in [3.63, 3.8) is 0 Å². The Bertz CT molecular complexity index is 647. The van der Waals surface area contributed by atoms with E-state index < -0.39 is 21.3 Å². The highest BCUT2D eigenvalue weighted by Gasteiger charge is 2.40. The van der Waals surface area contributed by atoms with Crippen LogP contribution in [0, 0.1) is 0 Å². The molecule has 0 saturated carbocycles. The van der Waals surface area contributed by atoms with Crippen molar-refractivity contribution in [1.82, 2.24) is 5.32 Å². The molecular formula is C12H13Cl2NO4S. The Kier molecular flexibility index (Phi) is 4.30. The molecule has 110 valence electrons. The molecule has 1 unspecified atom stereocenters. The monoisotopic (exact) mass is 337 g/mol. The van der Waals surface area contributed by atoms with Crippen molar-refractivity contribution >= 4 is 38.9 Å². The van der Waals surface area contributed by atoms with Crippen LogP contribution in [0.5, 0.6) is 0 Å². The first-order valence-corrected chi connectivity index (χ1v) is 8.45. The molecule has 1 saturated heterocycles. The van der Waals surface area contributed by atoms with Gasteiger partial charge in [0, 0.05) is 12.1 Å². The molecule has 2 N–H and O–H groups in total. The summed E-state index contributed by atoms with van der Waals surface area (Å²) in [5, 5.41) is 13.2. The average molecular weight is 338 g/mol. The summed E-state index contributed by atoms with van der Waals surface area (Å²) >= 11 is 11.6. The second-order valence-electron chi connectivity index (χ2n) is 4.88. The molecule has 0 aliphatic carbocycles. The molecule has 0 bridgehead atoms. The van der Waals surface area contributed by atoms with E-state index >= 15 is 0 Å². The highest BCUT2D eigenvalue weighted by molar-refractivity contribution is 7.91. The molecule has 1 fully saturated rings. The molecule has 0 radical (unpaired) electrons. The number of hydrogen-bond donors (Lipinski definition) is 2. The lowest BCUT2D eigenvalue weighted by Crippen LogP contribution is -2.43. The van der Waals surface area contributed by atoms with Gasteiger partial charge in [0.25, 0.3) is 5.91 Å². The highest BCUT2D eigenvalue weighted by Crippen LogP contribution is 2.24. The number of rotatable bonds is 3. The first kappa shape index (κ1) is 15.6. The van der Waals surface area contributed by atoms with Gasteiger partial charge in [0.05, 0.1) is 27.2 Å². The summed E-state index contributed by atoms with van der Waals surface area (Å²) in [6.45, 7) is -0.120. The number of halogens is 2. The van der Waals surface area contributed by atoms with Crippen LogP contribution in [0.15, 0.2) is 18.2 Å². The lowest BCUT2D eigenvalue weighted by molar-refractivity contribution is 0.0609. The summed E-state index contributed by atoms with van der Waals surface area (Å²) in [5.74, 6) is -0.838. The molecule has 20 heavy (non-hydrogen) atoms. The minimum absolute atomic E-state index is 0.0633. The number of nitrogens with one attached hydrogen (secondary N) is 1. The van der Waals surface area contributed by atoms with Gasteiger partial charge in [-0.15, -0.1) is 0 Å². The van der Waals surface area contributed by atoms with Crippen LogP contribution in [0.1, 0.15) is 16.8 Å². The van der Waals surface area contributed by atoms with E-state index in [1.807, 2.05) is 0 Å². The highest BCUT2D eigenvalue weighted by atomic mass is 35.5. The topological polar surface area (TPSA) is 83.5 Å². The summed E-state index contributed by atoms with van der Waals surface area (Å²) in [4.78, 5) is 11.9. The third kappa shape index (κ3) is 3.63. The van der Waals surface area contributed by atoms with Gasteiger partial charge >= 0.3 is 0 Å². The number of benzene rings is 1. The van der Waals surface area contributed by atoms with Crippen LogP contribution >= 0.6 is 23.2 Å². The van der Waals surface area contributed by atoms with Crippen molar-refractivity contribution < 1.29 is 18.3 Å². The maximum atomic E-state index is 11.9. The van der Waals surface area contributed by atoms with Crippen molar-refractivity contribution in [2.45, 2.75) is 12.0 Å². The predicted octanol–water partition coefficient (Wildman–Crippen LogP) is 1.27. The maximum absolute atomic E-state index is 11.9. The summed E-state index contributed by atoms with van der Waals surface area (Å²) in [7, 11) is -3.22. The van der Waals surface area contributed by atoms with Gasteiger partial charge in [-0.2, -0.15) is 0 Å². The van der Waals surface area contributed by atoms with Gasteiger partial charge in [-0.1, -0.05) is 23.2 Å². The van der Waals surface area contributed by atoms with E-state index in [9.17, 15) is 18.3 Å². The van der Waals surface area contributed by atoms with Gasteiger partial charge in [0.2, 0.25) is 0 Å². The zero-order valence-corrected chi connectivity index (χ0v) is 12.7. The summed E-state index contributed by atoms with van der Waals surface area (Å²) < 4.78 is 22.7. The lowest BCUT2D eigenvalue weighted by atomic mass is 10.0. The normalized spacial score (nSPS) is 24.6. The van der Waals surface area contributed by atoms with Crippen molar-refractivity contribution in [2.75, 3.05) is 18.1 Å². The van der Waals surface area contributed by atoms with E-state index in [4.69, 9.17) is 23.2 Å². The summed E-state index contributed by atoms with van der Waals surface area (Å²) in [6.07, 6.45) is 0.122. The molecule has 2 rings (SSSR count). The third-order valence-corrected chi connectivity index (χ3v) is 5.67. The Hall–Kier alpha value is -0.820. The number of carbonyl (C=O) groups excluding carboxylic acids is 1. The smallest absolute Gasteiger partial charge is 0.251 e. The molecular weight excluding hydrogens is 325 g/mol. The third-order valence-electron chi connectivity index (χ3n) is 3.13. The van der Waals surface area contributed by atoms with E-state index in [0.29, 0.717) is 10.6 Å². The van der Waals surface area contributed by atoms with Crippen LogP contribution in [0.4, 0.5) is 0 Å². The molecule has 1 heterocycles. The fraction of sp³-hybridized carbons (Fsp3) is 0.417. The maximum Gasteiger partial charge on any atom is 0.251 e. The van der Waals surface area contributed by atoms with Gasteiger partial charge in [0.15, 0.2) is 9.84 Å². The summed E-state index contributed by atoms with van der Waals surface area (Å²) in [6, 6.07) is 4.40. The van der Waals surface area contributed by atoms with Crippen LogP contribution in [0.2, 0.25) is 10.0 Å². The van der Waals surface area contributed by atoms with E-state index in [0.717, 1.165) is 0 Å². The Morgan fingerprint density at radius 3 is 2.60 bits per heavy atom. The molecule has 0 aromatic heterocycles. The van der Waals surface area contributed by atoms with Gasteiger partial charge < -0.3 is 10.4 Å². The fourth-order valence-electron chi connectivity index (χ4n) is 2.02. The Morgan fingerprint density at radius 2 is 2.05 bits per heavy atom. The van der Waals surface area contributed by atoms with Crippen LogP contribution in [0.25, 0.3) is 0 Å². The Morgan fingerprint density at radius 1 is 1.35 bits per heavy atom. The Balaban J connectivity index is 2.00. The standard InChI is InChI=1S/C12H13Cl2NO4S/c13-9-2-1-8(5-10(9)14)11(16)15-6-12(17)3-4-20(18,19)7-12/h1-2,5,17H,3-4,6-7H2,(H,15,16). The zero-order chi connectivity index (χ0) is 15.0. The fourth-order valence-corrected chi connectivity index (χ4v) is 4.22. The SMILES string of the molecule is O=C(NCC1(O)CCS(=O)(=O)C1)c1ccc(Cl)c(Cl)c1. The van der Waals surface area contributed by atoms with Crippen molar-refractivity contribution in [1.29, 1.82) is 0 Å². The first-order chi connectivity index (χ1) is 9.21. The number of aliphatic hydroxyl groups is 1. The van der Waals surface area contributed by atoms with Crippen LogP contribution in [0.3, 0.4) is 0 Å². The molecule has 5 nitrogen and oxygen atoms in total. The largest absolute Gasteiger partial charge is 0.387 e. The number of amides is 1. The molecule has 8 heteroatoms. The van der Waals surface area contributed by atoms with Gasteiger partial charge in [-0.05, 0) is 24.6 Å². The number of sulfone groups is 1. The minimum Gasteiger partial charge on any atom is -0.387 e. The Labute approximate surface area is 126 Å². The number of hydrogen-bond acceptors (Lipinski definition) is 4. The van der Waals surface area contributed by atoms with Crippen molar-refractivity contribution in [2.24, 2.45) is 0 Å². The van der Waals surface area contributed by atoms with E-state index in [2.05, 4.69) is 5.32 Å². The van der Waals surface area contributed by atoms with Crippen LogP contribution in [-0.2, 0) is 9.84 Å². The van der Waals surface area contributed by atoms with E-state index in [1.54, 1.807) is 0 Å².